The van der Waals surface area contributed by atoms with Crippen molar-refractivity contribution >= 4 is 23.8 Å². The zero-order chi connectivity index (χ0) is 22.8. The van der Waals surface area contributed by atoms with Gasteiger partial charge in [0.1, 0.15) is 17.5 Å². The van der Waals surface area contributed by atoms with Gasteiger partial charge in [-0.3, -0.25) is 19.7 Å². The normalized spacial score (nSPS) is 20.3. The van der Waals surface area contributed by atoms with Gasteiger partial charge in [0.2, 0.25) is 11.8 Å². The average Bonchev–Trinajstić information content (AvgIpc) is 2.69. The van der Waals surface area contributed by atoms with E-state index in [-0.39, 0.29) is 36.3 Å². The largest absolute Gasteiger partial charge is 0.444 e. The van der Waals surface area contributed by atoms with Gasteiger partial charge in [0.05, 0.1) is 0 Å². The van der Waals surface area contributed by atoms with Crippen molar-refractivity contribution in [2.75, 3.05) is 13.1 Å². The van der Waals surface area contributed by atoms with Crippen LogP contribution in [0.25, 0.3) is 0 Å². The molecule has 2 aliphatic heterocycles. The number of amides is 4. The van der Waals surface area contributed by atoms with Crippen LogP contribution in [0.3, 0.4) is 0 Å². The Morgan fingerprint density at radius 2 is 1.84 bits per heavy atom. The summed E-state index contributed by atoms with van der Waals surface area (Å²) in [6.45, 7) is 6.37. The number of carbonyl (C=O) groups is 4. The second-order valence-electron chi connectivity index (χ2n) is 8.96. The highest BCUT2D eigenvalue weighted by Gasteiger charge is 2.30. The van der Waals surface area contributed by atoms with Gasteiger partial charge in [-0.2, -0.15) is 0 Å². The highest BCUT2D eigenvalue weighted by atomic mass is 19.1. The van der Waals surface area contributed by atoms with E-state index in [1.54, 1.807) is 11.0 Å². The summed E-state index contributed by atoms with van der Waals surface area (Å²) in [5.74, 6) is -2.06. The SMILES string of the molecule is CC(C)(C)OC(=O)N1CCC(c2ccc(C(=O)NC3CCC(=O)NC3=O)cc2F)CC1. The van der Waals surface area contributed by atoms with Crippen molar-refractivity contribution < 1.29 is 28.3 Å². The number of nitrogens with one attached hydrogen (secondary N) is 2. The van der Waals surface area contributed by atoms with Crippen LogP contribution < -0.4 is 10.6 Å². The topological polar surface area (TPSA) is 105 Å². The molecule has 9 heteroatoms. The monoisotopic (exact) mass is 433 g/mol. The molecule has 4 amide bonds. The molecule has 2 aliphatic rings. The highest BCUT2D eigenvalue weighted by Crippen LogP contribution is 2.31. The molecular weight excluding hydrogens is 405 g/mol. The lowest BCUT2D eigenvalue weighted by Crippen LogP contribution is -2.52. The molecule has 1 aromatic carbocycles. The summed E-state index contributed by atoms with van der Waals surface area (Å²) in [7, 11) is 0. The molecule has 168 valence electrons. The molecule has 1 unspecified atom stereocenters. The second kappa shape index (κ2) is 9.03. The van der Waals surface area contributed by atoms with Gasteiger partial charge >= 0.3 is 6.09 Å². The Bertz CT molecular complexity index is 888. The van der Waals surface area contributed by atoms with Crippen LogP contribution in [-0.4, -0.2) is 53.4 Å². The highest BCUT2D eigenvalue weighted by molar-refractivity contribution is 6.03. The van der Waals surface area contributed by atoms with Crippen LogP contribution in [0.5, 0.6) is 0 Å². The summed E-state index contributed by atoms with van der Waals surface area (Å²) in [5.41, 5.74) is 0.0446. The number of benzene rings is 1. The van der Waals surface area contributed by atoms with E-state index >= 15 is 0 Å². The molecule has 1 atom stereocenters. The van der Waals surface area contributed by atoms with Gasteiger partial charge in [-0.1, -0.05) is 6.07 Å². The minimum atomic E-state index is -0.815. The summed E-state index contributed by atoms with van der Waals surface area (Å²) in [4.78, 5) is 49.2. The number of ether oxygens (including phenoxy) is 1. The number of imide groups is 1. The van der Waals surface area contributed by atoms with E-state index in [0.717, 1.165) is 6.07 Å². The predicted molar refractivity (Wildman–Crippen MR) is 110 cm³/mol. The number of rotatable bonds is 3. The van der Waals surface area contributed by atoms with Gasteiger partial charge in [0.15, 0.2) is 0 Å². The molecule has 0 saturated carbocycles. The zero-order valence-corrected chi connectivity index (χ0v) is 18.0. The fraction of sp³-hybridized carbons (Fsp3) is 0.545. The maximum absolute atomic E-state index is 14.8. The van der Waals surface area contributed by atoms with Gasteiger partial charge in [0, 0.05) is 25.1 Å². The van der Waals surface area contributed by atoms with E-state index in [1.807, 2.05) is 20.8 Å². The van der Waals surface area contributed by atoms with Crippen molar-refractivity contribution in [2.24, 2.45) is 0 Å². The van der Waals surface area contributed by atoms with Crippen LogP contribution in [0.2, 0.25) is 0 Å². The molecule has 1 aromatic rings. The van der Waals surface area contributed by atoms with E-state index in [9.17, 15) is 23.6 Å². The van der Waals surface area contributed by atoms with Gasteiger partial charge in [-0.15, -0.1) is 0 Å². The van der Waals surface area contributed by atoms with Gasteiger partial charge in [-0.25, -0.2) is 9.18 Å². The Morgan fingerprint density at radius 1 is 1.16 bits per heavy atom. The molecule has 2 N–H and O–H groups in total. The van der Waals surface area contributed by atoms with Crippen molar-refractivity contribution in [1.82, 2.24) is 15.5 Å². The summed E-state index contributed by atoms with van der Waals surface area (Å²) in [6.07, 6.45) is 1.18. The smallest absolute Gasteiger partial charge is 0.410 e. The first-order chi connectivity index (χ1) is 14.5. The number of nitrogens with zero attached hydrogens (tertiary/aromatic N) is 1. The van der Waals surface area contributed by atoms with Crippen LogP contribution in [0.4, 0.5) is 9.18 Å². The third-order valence-electron chi connectivity index (χ3n) is 5.39. The number of hydrogen-bond donors (Lipinski definition) is 2. The number of carbonyl (C=O) groups excluding carboxylic acids is 4. The van der Waals surface area contributed by atoms with Crippen molar-refractivity contribution in [2.45, 2.75) is 64.0 Å². The van der Waals surface area contributed by atoms with E-state index < -0.39 is 29.3 Å². The zero-order valence-electron chi connectivity index (χ0n) is 18.0. The van der Waals surface area contributed by atoms with Crippen molar-refractivity contribution in [3.05, 3.63) is 35.1 Å². The predicted octanol–water partition coefficient (Wildman–Crippen LogP) is 2.48. The van der Waals surface area contributed by atoms with Crippen LogP contribution >= 0.6 is 0 Å². The standard InChI is InChI=1S/C22H28FN3O5/c1-22(2,3)31-21(30)26-10-8-13(9-11-26)15-5-4-14(12-16(15)23)19(28)24-17-6-7-18(27)25-20(17)29/h4-5,12-13,17H,6-11H2,1-3H3,(H,24,28)(H,25,27,29). The molecule has 0 aromatic heterocycles. The minimum Gasteiger partial charge on any atom is -0.444 e. The number of hydrogen-bond acceptors (Lipinski definition) is 5. The van der Waals surface area contributed by atoms with Crippen molar-refractivity contribution in [3.8, 4) is 0 Å². The molecule has 0 radical (unpaired) electrons. The van der Waals surface area contributed by atoms with Gasteiger partial charge in [0.25, 0.3) is 5.91 Å². The maximum atomic E-state index is 14.8. The Labute approximate surface area is 180 Å². The van der Waals surface area contributed by atoms with E-state index in [0.29, 0.717) is 31.5 Å². The first kappa shape index (κ1) is 22.7. The maximum Gasteiger partial charge on any atom is 0.410 e. The first-order valence-electron chi connectivity index (χ1n) is 10.5. The Hall–Kier alpha value is -2.97. The van der Waals surface area contributed by atoms with Crippen molar-refractivity contribution in [3.63, 3.8) is 0 Å². The second-order valence-corrected chi connectivity index (χ2v) is 8.96. The minimum absolute atomic E-state index is 0.0640. The first-order valence-corrected chi connectivity index (χ1v) is 10.5. The number of likely N-dealkylation sites (tertiary alicyclic amines) is 1. The Balaban J connectivity index is 1.59. The molecule has 8 nitrogen and oxygen atoms in total. The fourth-order valence-corrected chi connectivity index (χ4v) is 3.77. The fourth-order valence-electron chi connectivity index (χ4n) is 3.77. The van der Waals surface area contributed by atoms with Crippen LogP contribution in [0, 0.1) is 5.82 Å². The lowest BCUT2D eigenvalue weighted by atomic mass is 9.88. The lowest BCUT2D eigenvalue weighted by molar-refractivity contribution is -0.134. The van der Waals surface area contributed by atoms with Crippen LogP contribution in [0.15, 0.2) is 18.2 Å². The molecule has 0 bridgehead atoms. The van der Waals surface area contributed by atoms with Crippen LogP contribution in [0.1, 0.15) is 68.3 Å². The molecule has 2 saturated heterocycles. The number of halogens is 1. The molecule has 0 spiro atoms. The van der Waals surface area contributed by atoms with E-state index in [1.165, 1.54) is 6.07 Å². The van der Waals surface area contributed by atoms with E-state index in [2.05, 4.69) is 10.6 Å². The third-order valence-corrected chi connectivity index (χ3v) is 5.39. The van der Waals surface area contributed by atoms with Crippen LogP contribution in [-0.2, 0) is 14.3 Å². The number of piperidine rings is 2. The molecule has 3 rings (SSSR count). The van der Waals surface area contributed by atoms with Gasteiger partial charge in [-0.05, 0) is 63.6 Å². The van der Waals surface area contributed by atoms with Crippen molar-refractivity contribution in [1.29, 1.82) is 0 Å². The molecule has 2 heterocycles. The Morgan fingerprint density at radius 3 is 2.42 bits per heavy atom. The molecular formula is C22H28FN3O5. The summed E-state index contributed by atoms with van der Waals surface area (Å²) in [5, 5.41) is 4.71. The van der Waals surface area contributed by atoms with Gasteiger partial charge < -0.3 is 15.0 Å². The summed E-state index contributed by atoms with van der Waals surface area (Å²) >= 11 is 0. The quantitative estimate of drug-likeness (QED) is 0.713. The molecule has 31 heavy (non-hydrogen) atoms. The molecule has 0 aliphatic carbocycles. The van der Waals surface area contributed by atoms with E-state index in [4.69, 9.17) is 4.74 Å². The Kier molecular flexibility index (Phi) is 6.62. The summed E-state index contributed by atoms with van der Waals surface area (Å²) < 4.78 is 20.2. The average molecular weight is 433 g/mol. The lowest BCUT2D eigenvalue weighted by Gasteiger charge is -2.33. The summed E-state index contributed by atoms with van der Waals surface area (Å²) in [6, 6.07) is 3.46. The molecule has 2 fully saturated rings. The third kappa shape index (κ3) is 5.80.